The molecule has 0 saturated carbocycles. The molecule has 1 aromatic rings. The highest BCUT2D eigenvalue weighted by molar-refractivity contribution is 6.29. The second-order valence-corrected chi connectivity index (χ2v) is 2.43. The molecule has 0 fully saturated rings. The standard InChI is InChI=1S/C6H5ClN2O3/c7-4-1-2-5(10)9(8-4)3-6(11)12/h1-2H,3H2,(H,11,12). The lowest BCUT2D eigenvalue weighted by molar-refractivity contribution is -0.138. The van der Waals surface area contributed by atoms with E-state index in [4.69, 9.17) is 16.7 Å². The van der Waals surface area contributed by atoms with Gasteiger partial charge in [0.25, 0.3) is 5.56 Å². The van der Waals surface area contributed by atoms with Crippen molar-refractivity contribution in [2.45, 2.75) is 6.54 Å². The smallest absolute Gasteiger partial charge is 0.325 e. The minimum Gasteiger partial charge on any atom is -0.480 e. The summed E-state index contributed by atoms with van der Waals surface area (Å²) in [6.45, 7) is -0.473. The molecule has 64 valence electrons. The number of carboxylic acids is 1. The first-order chi connectivity index (χ1) is 5.59. The van der Waals surface area contributed by atoms with Crippen LogP contribution in [0.3, 0.4) is 0 Å². The fraction of sp³-hybridized carbons (Fsp3) is 0.167. The average molecular weight is 189 g/mol. The van der Waals surface area contributed by atoms with Gasteiger partial charge in [-0.3, -0.25) is 9.59 Å². The molecule has 0 aromatic carbocycles. The largest absolute Gasteiger partial charge is 0.480 e. The van der Waals surface area contributed by atoms with E-state index in [0.717, 1.165) is 10.7 Å². The van der Waals surface area contributed by atoms with E-state index in [-0.39, 0.29) is 5.15 Å². The number of carbonyl (C=O) groups is 1. The molecule has 0 aliphatic carbocycles. The predicted octanol–water partition coefficient (Wildman–Crippen LogP) is -0.0187. The third kappa shape index (κ3) is 2.06. The van der Waals surface area contributed by atoms with E-state index in [0.29, 0.717) is 0 Å². The zero-order chi connectivity index (χ0) is 9.14. The Balaban J connectivity index is 3.06. The Morgan fingerprint density at radius 2 is 2.33 bits per heavy atom. The molecule has 0 aliphatic rings. The van der Waals surface area contributed by atoms with Crippen LogP contribution in [0.15, 0.2) is 16.9 Å². The van der Waals surface area contributed by atoms with Gasteiger partial charge in [0.15, 0.2) is 0 Å². The van der Waals surface area contributed by atoms with Crippen molar-refractivity contribution in [2.75, 3.05) is 0 Å². The van der Waals surface area contributed by atoms with Crippen LogP contribution >= 0.6 is 11.6 Å². The molecule has 5 nitrogen and oxygen atoms in total. The minimum absolute atomic E-state index is 0.0934. The van der Waals surface area contributed by atoms with E-state index in [1.165, 1.54) is 6.07 Å². The second-order valence-electron chi connectivity index (χ2n) is 2.05. The number of hydrogen-bond donors (Lipinski definition) is 1. The lowest BCUT2D eigenvalue weighted by Crippen LogP contribution is -2.25. The van der Waals surface area contributed by atoms with Gasteiger partial charge < -0.3 is 5.11 Å². The SMILES string of the molecule is O=C(O)Cn1nc(Cl)ccc1=O. The minimum atomic E-state index is -1.13. The van der Waals surface area contributed by atoms with Crippen molar-refractivity contribution in [3.63, 3.8) is 0 Å². The van der Waals surface area contributed by atoms with Crippen molar-refractivity contribution < 1.29 is 9.90 Å². The number of rotatable bonds is 2. The monoisotopic (exact) mass is 188 g/mol. The summed E-state index contributed by atoms with van der Waals surface area (Å²) in [5.74, 6) is -1.13. The van der Waals surface area contributed by atoms with E-state index in [2.05, 4.69) is 5.10 Å². The first-order valence-corrected chi connectivity index (χ1v) is 3.43. The van der Waals surface area contributed by atoms with E-state index >= 15 is 0 Å². The molecular weight excluding hydrogens is 184 g/mol. The van der Waals surface area contributed by atoms with E-state index in [9.17, 15) is 9.59 Å². The first-order valence-electron chi connectivity index (χ1n) is 3.05. The van der Waals surface area contributed by atoms with Crippen molar-refractivity contribution >= 4 is 17.6 Å². The maximum Gasteiger partial charge on any atom is 0.325 e. The van der Waals surface area contributed by atoms with Gasteiger partial charge in [-0.15, -0.1) is 0 Å². The Kier molecular flexibility index (Phi) is 2.44. The predicted molar refractivity (Wildman–Crippen MR) is 41.1 cm³/mol. The molecule has 1 heterocycles. The molecule has 0 radical (unpaired) electrons. The highest BCUT2D eigenvalue weighted by Gasteiger charge is 2.02. The van der Waals surface area contributed by atoms with Gasteiger partial charge >= 0.3 is 5.97 Å². The summed E-state index contributed by atoms with van der Waals surface area (Å²) in [4.78, 5) is 21.1. The maximum atomic E-state index is 10.9. The summed E-state index contributed by atoms with van der Waals surface area (Å²) < 4.78 is 0.782. The highest BCUT2D eigenvalue weighted by Crippen LogP contribution is 1.97. The fourth-order valence-electron chi connectivity index (χ4n) is 0.665. The van der Waals surface area contributed by atoms with Gasteiger partial charge in [0.1, 0.15) is 11.7 Å². The van der Waals surface area contributed by atoms with Crippen molar-refractivity contribution in [1.82, 2.24) is 9.78 Å². The summed E-state index contributed by atoms with van der Waals surface area (Å²) in [7, 11) is 0. The lowest BCUT2D eigenvalue weighted by atomic mass is 10.5. The van der Waals surface area contributed by atoms with Crippen molar-refractivity contribution in [2.24, 2.45) is 0 Å². The van der Waals surface area contributed by atoms with Gasteiger partial charge in [0.05, 0.1) is 0 Å². The zero-order valence-electron chi connectivity index (χ0n) is 5.90. The topological polar surface area (TPSA) is 72.2 Å². The van der Waals surface area contributed by atoms with Crippen molar-refractivity contribution in [3.05, 3.63) is 27.6 Å². The highest BCUT2D eigenvalue weighted by atomic mass is 35.5. The van der Waals surface area contributed by atoms with Crippen LogP contribution in [0, 0.1) is 0 Å². The molecule has 0 unspecified atom stereocenters. The summed E-state index contributed by atoms with van der Waals surface area (Å²) in [6.07, 6.45) is 0. The van der Waals surface area contributed by atoms with Crippen LogP contribution in [0.2, 0.25) is 5.15 Å². The molecule has 0 bridgehead atoms. The molecule has 12 heavy (non-hydrogen) atoms. The molecule has 6 heteroatoms. The molecule has 0 saturated heterocycles. The van der Waals surface area contributed by atoms with Gasteiger partial charge in [-0.25, -0.2) is 4.68 Å². The van der Waals surface area contributed by atoms with E-state index < -0.39 is 18.1 Å². The van der Waals surface area contributed by atoms with E-state index in [1.807, 2.05) is 0 Å². The van der Waals surface area contributed by atoms with Crippen LogP contribution in [-0.2, 0) is 11.3 Å². The average Bonchev–Trinajstić information content (AvgIpc) is 1.96. The summed E-state index contributed by atoms with van der Waals surface area (Å²) >= 11 is 5.44. The third-order valence-electron chi connectivity index (χ3n) is 1.12. The third-order valence-corrected chi connectivity index (χ3v) is 1.32. The van der Waals surface area contributed by atoms with Crippen LogP contribution in [0.5, 0.6) is 0 Å². The first kappa shape index (κ1) is 8.73. The van der Waals surface area contributed by atoms with Crippen molar-refractivity contribution in [3.8, 4) is 0 Å². The van der Waals surface area contributed by atoms with Crippen LogP contribution < -0.4 is 5.56 Å². The Morgan fingerprint density at radius 1 is 1.67 bits per heavy atom. The van der Waals surface area contributed by atoms with Crippen LogP contribution in [0.4, 0.5) is 0 Å². The summed E-state index contributed by atoms with van der Waals surface area (Å²) in [5, 5.41) is 11.9. The second kappa shape index (κ2) is 3.36. The number of nitrogens with zero attached hydrogens (tertiary/aromatic N) is 2. The number of aliphatic carboxylic acids is 1. The number of halogens is 1. The molecule has 0 amide bonds. The molecule has 0 spiro atoms. The lowest BCUT2D eigenvalue weighted by Gasteiger charge is -1.98. The summed E-state index contributed by atoms with van der Waals surface area (Å²) in [6, 6.07) is 2.47. The molecule has 1 N–H and O–H groups in total. The normalized spacial score (nSPS) is 9.75. The zero-order valence-corrected chi connectivity index (χ0v) is 6.65. The Hall–Kier alpha value is -1.36. The summed E-state index contributed by atoms with van der Waals surface area (Å²) in [5.41, 5.74) is -0.484. The van der Waals surface area contributed by atoms with E-state index in [1.54, 1.807) is 0 Å². The van der Waals surface area contributed by atoms with Gasteiger partial charge in [0, 0.05) is 6.07 Å². The number of aromatic nitrogens is 2. The van der Waals surface area contributed by atoms with Crippen molar-refractivity contribution in [1.29, 1.82) is 0 Å². The van der Waals surface area contributed by atoms with Crippen LogP contribution in [0.25, 0.3) is 0 Å². The van der Waals surface area contributed by atoms with Crippen LogP contribution in [-0.4, -0.2) is 20.9 Å². The number of hydrogen-bond acceptors (Lipinski definition) is 3. The molecule has 0 aliphatic heterocycles. The molecular formula is C6H5ClN2O3. The Bertz CT molecular complexity index is 360. The maximum absolute atomic E-state index is 10.9. The Labute approximate surface area is 72.2 Å². The fourth-order valence-corrected chi connectivity index (χ4v) is 0.820. The van der Waals surface area contributed by atoms with Gasteiger partial charge in [-0.05, 0) is 6.07 Å². The number of carboxylic acid groups (broad SMARTS) is 1. The Morgan fingerprint density at radius 3 is 2.92 bits per heavy atom. The molecule has 1 rings (SSSR count). The molecule has 1 aromatic heterocycles. The molecule has 0 atom stereocenters. The quantitative estimate of drug-likeness (QED) is 0.708. The van der Waals surface area contributed by atoms with Gasteiger partial charge in [-0.1, -0.05) is 11.6 Å². The van der Waals surface area contributed by atoms with Gasteiger partial charge in [-0.2, -0.15) is 5.10 Å². The van der Waals surface area contributed by atoms with Crippen LogP contribution in [0.1, 0.15) is 0 Å². The van der Waals surface area contributed by atoms with Gasteiger partial charge in [0.2, 0.25) is 0 Å².